The van der Waals surface area contributed by atoms with Gasteiger partial charge < -0.3 is 15.6 Å². The van der Waals surface area contributed by atoms with Gasteiger partial charge in [-0.15, -0.1) is 0 Å². The standard InChI is InChI=1S/C10H9BrN4O2/c1-13-9(16)8-14-10(17-15-8)6-3-2-5(11)4-7(6)12/h2-4H,12H2,1H3,(H,13,16). The van der Waals surface area contributed by atoms with Gasteiger partial charge in [0.05, 0.1) is 5.56 Å². The van der Waals surface area contributed by atoms with Gasteiger partial charge in [0.15, 0.2) is 0 Å². The van der Waals surface area contributed by atoms with Crippen LogP contribution in [0.3, 0.4) is 0 Å². The normalized spacial score (nSPS) is 10.2. The Labute approximate surface area is 105 Å². The quantitative estimate of drug-likeness (QED) is 0.818. The first-order chi connectivity index (χ1) is 8.11. The van der Waals surface area contributed by atoms with Crippen LogP contribution in [0.4, 0.5) is 5.69 Å². The number of halogens is 1. The minimum absolute atomic E-state index is 0.0233. The molecule has 88 valence electrons. The topological polar surface area (TPSA) is 94.0 Å². The van der Waals surface area contributed by atoms with Crippen LogP contribution in [0.25, 0.3) is 11.5 Å². The number of nitrogen functional groups attached to an aromatic ring is 1. The highest BCUT2D eigenvalue weighted by atomic mass is 79.9. The van der Waals surface area contributed by atoms with Crippen LogP contribution < -0.4 is 11.1 Å². The Morgan fingerprint density at radius 3 is 2.94 bits per heavy atom. The van der Waals surface area contributed by atoms with E-state index in [9.17, 15) is 4.79 Å². The van der Waals surface area contributed by atoms with E-state index in [2.05, 4.69) is 31.4 Å². The van der Waals surface area contributed by atoms with Crippen LogP contribution in [0.2, 0.25) is 0 Å². The van der Waals surface area contributed by atoms with Crippen molar-refractivity contribution in [2.75, 3.05) is 12.8 Å². The number of nitrogens with one attached hydrogen (secondary N) is 1. The van der Waals surface area contributed by atoms with Gasteiger partial charge in [0, 0.05) is 17.2 Å². The Bertz CT molecular complexity index is 567. The molecule has 0 fully saturated rings. The van der Waals surface area contributed by atoms with Crippen molar-refractivity contribution in [3.8, 4) is 11.5 Å². The maximum absolute atomic E-state index is 11.3. The molecule has 0 saturated heterocycles. The molecule has 0 aliphatic carbocycles. The Morgan fingerprint density at radius 2 is 2.29 bits per heavy atom. The lowest BCUT2D eigenvalue weighted by Crippen LogP contribution is -2.19. The number of nitrogens with two attached hydrogens (primary N) is 1. The second kappa shape index (κ2) is 4.54. The lowest BCUT2D eigenvalue weighted by atomic mass is 10.2. The summed E-state index contributed by atoms with van der Waals surface area (Å²) in [6.45, 7) is 0. The summed E-state index contributed by atoms with van der Waals surface area (Å²) in [6, 6.07) is 5.26. The van der Waals surface area contributed by atoms with E-state index in [1.807, 2.05) is 0 Å². The predicted octanol–water partition coefficient (Wildman–Crippen LogP) is 1.44. The molecule has 1 heterocycles. The molecule has 0 saturated carbocycles. The van der Waals surface area contributed by atoms with Gasteiger partial charge in [0.2, 0.25) is 0 Å². The second-order valence-corrected chi connectivity index (χ2v) is 4.15. The van der Waals surface area contributed by atoms with Gasteiger partial charge in [-0.3, -0.25) is 4.79 Å². The highest BCUT2D eigenvalue weighted by Crippen LogP contribution is 2.27. The minimum atomic E-state index is -0.407. The molecular formula is C10H9BrN4O2. The third-order valence-electron chi connectivity index (χ3n) is 2.10. The molecule has 17 heavy (non-hydrogen) atoms. The number of hydrogen-bond acceptors (Lipinski definition) is 5. The molecule has 0 aliphatic heterocycles. The highest BCUT2D eigenvalue weighted by Gasteiger charge is 2.15. The highest BCUT2D eigenvalue weighted by molar-refractivity contribution is 9.10. The number of amides is 1. The maximum atomic E-state index is 11.3. The van der Waals surface area contributed by atoms with E-state index in [0.29, 0.717) is 11.3 Å². The van der Waals surface area contributed by atoms with Crippen molar-refractivity contribution in [1.82, 2.24) is 15.5 Å². The molecule has 0 bridgehead atoms. The fourth-order valence-electron chi connectivity index (χ4n) is 1.27. The largest absolute Gasteiger partial charge is 0.398 e. The molecule has 0 radical (unpaired) electrons. The molecule has 1 amide bonds. The Kier molecular flexibility index (Phi) is 3.10. The second-order valence-electron chi connectivity index (χ2n) is 3.23. The Hall–Kier alpha value is -1.89. The van der Waals surface area contributed by atoms with Crippen molar-refractivity contribution < 1.29 is 9.32 Å². The van der Waals surface area contributed by atoms with E-state index >= 15 is 0 Å². The van der Waals surface area contributed by atoms with Crippen LogP contribution in [0.5, 0.6) is 0 Å². The summed E-state index contributed by atoms with van der Waals surface area (Å²) in [5.74, 6) is -0.214. The third-order valence-corrected chi connectivity index (χ3v) is 2.59. The molecule has 7 heteroatoms. The van der Waals surface area contributed by atoms with Crippen molar-refractivity contribution in [2.24, 2.45) is 0 Å². The Balaban J connectivity index is 2.40. The number of aromatic nitrogens is 2. The third kappa shape index (κ3) is 2.28. The van der Waals surface area contributed by atoms with E-state index in [-0.39, 0.29) is 11.7 Å². The molecule has 2 aromatic rings. The van der Waals surface area contributed by atoms with Crippen molar-refractivity contribution in [3.63, 3.8) is 0 Å². The summed E-state index contributed by atoms with van der Waals surface area (Å²) < 4.78 is 5.83. The molecule has 0 atom stereocenters. The SMILES string of the molecule is CNC(=O)c1noc(-c2ccc(Br)cc2N)n1. The lowest BCUT2D eigenvalue weighted by Gasteiger charge is -2.00. The summed E-state index contributed by atoms with van der Waals surface area (Å²) >= 11 is 3.30. The summed E-state index contributed by atoms with van der Waals surface area (Å²) in [4.78, 5) is 15.2. The van der Waals surface area contributed by atoms with Gasteiger partial charge in [0.1, 0.15) is 0 Å². The monoisotopic (exact) mass is 296 g/mol. The van der Waals surface area contributed by atoms with Crippen LogP contribution in [-0.4, -0.2) is 23.1 Å². The summed E-state index contributed by atoms with van der Waals surface area (Å²) in [7, 11) is 1.49. The molecule has 2 rings (SSSR count). The van der Waals surface area contributed by atoms with Gasteiger partial charge in [0.25, 0.3) is 17.6 Å². The average molecular weight is 297 g/mol. The van der Waals surface area contributed by atoms with Gasteiger partial charge in [-0.2, -0.15) is 4.98 Å². The molecule has 3 N–H and O–H groups in total. The molecule has 0 unspecified atom stereocenters. The molecule has 1 aromatic carbocycles. The van der Waals surface area contributed by atoms with Crippen LogP contribution >= 0.6 is 15.9 Å². The fraction of sp³-hybridized carbons (Fsp3) is 0.100. The molecule has 6 nitrogen and oxygen atoms in total. The number of rotatable bonds is 2. The van der Waals surface area contributed by atoms with E-state index < -0.39 is 5.91 Å². The van der Waals surface area contributed by atoms with Crippen molar-refractivity contribution in [1.29, 1.82) is 0 Å². The van der Waals surface area contributed by atoms with Crippen molar-refractivity contribution >= 4 is 27.5 Å². The van der Waals surface area contributed by atoms with E-state index in [1.54, 1.807) is 18.2 Å². The number of anilines is 1. The van der Waals surface area contributed by atoms with Crippen LogP contribution in [0.1, 0.15) is 10.6 Å². The minimum Gasteiger partial charge on any atom is -0.398 e. The maximum Gasteiger partial charge on any atom is 0.292 e. The molecule has 0 spiro atoms. The van der Waals surface area contributed by atoms with Crippen LogP contribution in [0.15, 0.2) is 27.2 Å². The zero-order valence-electron chi connectivity index (χ0n) is 8.90. The van der Waals surface area contributed by atoms with Crippen molar-refractivity contribution in [3.05, 3.63) is 28.5 Å². The Morgan fingerprint density at radius 1 is 1.53 bits per heavy atom. The van der Waals surface area contributed by atoms with Gasteiger partial charge in [-0.1, -0.05) is 21.1 Å². The number of hydrogen-bond donors (Lipinski definition) is 2. The number of carbonyl (C=O) groups is 1. The first-order valence-corrected chi connectivity index (χ1v) is 5.52. The van der Waals surface area contributed by atoms with E-state index in [1.165, 1.54) is 7.05 Å². The van der Waals surface area contributed by atoms with Gasteiger partial charge >= 0.3 is 0 Å². The van der Waals surface area contributed by atoms with E-state index in [0.717, 1.165) is 4.47 Å². The number of benzene rings is 1. The zero-order chi connectivity index (χ0) is 12.4. The average Bonchev–Trinajstić information content (AvgIpc) is 2.77. The number of carbonyl (C=O) groups excluding carboxylic acids is 1. The van der Waals surface area contributed by atoms with Crippen molar-refractivity contribution in [2.45, 2.75) is 0 Å². The first-order valence-electron chi connectivity index (χ1n) is 4.73. The van der Waals surface area contributed by atoms with Crippen LogP contribution in [-0.2, 0) is 0 Å². The molecule has 1 aromatic heterocycles. The van der Waals surface area contributed by atoms with E-state index in [4.69, 9.17) is 10.3 Å². The smallest absolute Gasteiger partial charge is 0.292 e. The lowest BCUT2D eigenvalue weighted by molar-refractivity contribution is 0.0950. The summed E-state index contributed by atoms with van der Waals surface area (Å²) in [5.41, 5.74) is 6.90. The van der Waals surface area contributed by atoms with Gasteiger partial charge in [-0.25, -0.2) is 0 Å². The fourth-order valence-corrected chi connectivity index (χ4v) is 1.64. The molecule has 0 aliphatic rings. The van der Waals surface area contributed by atoms with Gasteiger partial charge in [-0.05, 0) is 18.2 Å². The van der Waals surface area contributed by atoms with Crippen LogP contribution in [0, 0.1) is 0 Å². The summed E-state index contributed by atoms with van der Waals surface area (Å²) in [6.07, 6.45) is 0. The molecular weight excluding hydrogens is 288 g/mol. The number of nitrogens with zero attached hydrogens (tertiary/aromatic N) is 2. The predicted molar refractivity (Wildman–Crippen MR) is 65.2 cm³/mol. The summed E-state index contributed by atoms with van der Waals surface area (Å²) in [5, 5.41) is 5.97. The zero-order valence-corrected chi connectivity index (χ0v) is 10.5. The first kappa shape index (κ1) is 11.6.